The Morgan fingerprint density at radius 1 is 1.07 bits per heavy atom. The summed E-state index contributed by atoms with van der Waals surface area (Å²) < 4.78 is 0. The molecule has 2 saturated carbocycles. The van der Waals surface area contributed by atoms with Crippen LogP contribution in [-0.4, -0.2) is 77.9 Å². The molecule has 11 nitrogen and oxygen atoms in total. The number of phenols is 1. The summed E-state index contributed by atoms with van der Waals surface area (Å²) in [6, 6.07) is 3.40. The molecule has 0 bridgehead atoms. The van der Waals surface area contributed by atoms with Crippen LogP contribution in [-0.2, 0) is 14.4 Å². The van der Waals surface area contributed by atoms with Gasteiger partial charge in [0.25, 0.3) is 0 Å². The number of piperidine rings is 1. The standard InChI is InChI=1S/C29H39N3O8/c1-11-13-6-7-15(31-12-9-27(2,3)32-28(4,5)10-12)22(35)18(13)23(36)20-17(11)21(34)14-8-16(33)19(26(30)39)24(37)29(14,40)25(20)38/h6-7,11-12,14,16-17,19,21,31-36,40H,8-10H2,1-5H3,(H2,30,39)/t11-,14+,16?,17+,19?,21+,29+/m0/s1. The number of nitrogens with two attached hydrogens (primary N) is 1. The van der Waals surface area contributed by atoms with E-state index in [9.17, 15) is 39.9 Å². The predicted octanol–water partition coefficient (Wildman–Crippen LogP) is 0.842. The third-order valence-electron chi connectivity index (χ3n) is 9.37. The summed E-state index contributed by atoms with van der Waals surface area (Å²) in [6.45, 7) is 10.1. The SMILES string of the molecule is C[C@H]1c2ccc(NC3CC(C)(C)NC(C)(C)C3)c(O)c2C(O)=C2C(=O)[C@]3(O)C(=O)C(C(N)=O)C(O)C[C@@H]3[C@@H](O)[C@@H]21. The molecule has 1 aromatic rings. The topological polar surface area (TPSA) is 202 Å². The zero-order valence-corrected chi connectivity index (χ0v) is 23.4. The van der Waals surface area contributed by atoms with E-state index in [2.05, 4.69) is 38.3 Å². The summed E-state index contributed by atoms with van der Waals surface area (Å²) in [5.74, 6) is -9.49. The maximum Gasteiger partial charge on any atom is 0.230 e. The molecule has 11 heteroatoms. The van der Waals surface area contributed by atoms with Crippen molar-refractivity contribution >= 4 is 28.9 Å². The van der Waals surface area contributed by atoms with Crippen LogP contribution in [0, 0.1) is 17.8 Å². The molecule has 1 heterocycles. The van der Waals surface area contributed by atoms with Crippen LogP contribution in [0.5, 0.6) is 5.75 Å². The molecule has 1 amide bonds. The van der Waals surface area contributed by atoms with Crippen molar-refractivity contribution in [3.63, 3.8) is 0 Å². The molecular weight excluding hydrogens is 518 g/mol. The van der Waals surface area contributed by atoms with Crippen LogP contribution in [0.3, 0.4) is 0 Å². The molecule has 4 aliphatic rings. The number of hydrogen-bond acceptors (Lipinski definition) is 10. The third-order valence-corrected chi connectivity index (χ3v) is 9.37. The Kier molecular flexibility index (Phi) is 6.42. The number of ketones is 2. The van der Waals surface area contributed by atoms with Crippen molar-refractivity contribution in [2.45, 2.75) is 94.7 Å². The molecule has 218 valence electrons. The molecule has 0 radical (unpaired) electrons. The molecule has 7 atom stereocenters. The Balaban J connectivity index is 1.59. The van der Waals surface area contributed by atoms with Crippen LogP contribution in [0.15, 0.2) is 17.7 Å². The Bertz CT molecular complexity index is 1320. The number of carbonyl (C=O) groups excluding carboxylic acids is 3. The number of phenolic OH excluding ortho intramolecular Hbond substituents is 1. The fourth-order valence-electron chi connectivity index (χ4n) is 8.06. The number of anilines is 1. The third kappa shape index (κ3) is 4.05. The summed E-state index contributed by atoms with van der Waals surface area (Å²) in [5.41, 5.74) is 2.50. The highest BCUT2D eigenvalue weighted by molar-refractivity contribution is 6.25. The van der Waals surface area contributed by atoms with Crippen LogP contribution in [0.25, 0.3) is 5.76 Å². The highest BCUT2D eigenvalue weighted by atomic mass is 16.3. The zero-order valence-electron chi connectivity index (χ0n) is 23.4. The Morgan fingerprint density at radius 2 is 1.68 bits per heavy atom. The van der Waals surface area contributed by atoms with Gasteiger partial charge in [-0.05, 0) is 64.5 Å². The fourth-order valence-corrected chi connectivity index (χ4v) is 8.06. The fraction of sp³-hybridized carbons (Fsp3) is 0.621. The Labute approximate surface area is 232 Å². The van der Waals surface area contributed by atoms with Crippen molar-refractivity contribution in [1.82, 2.24) is 5.32 Å². The average Bonchev–Trinajstić information content (AvgIpc) is 2.81. The van der Waals surface area contributed by atoms with Crippen molar-refractivity contribution in [2.75, 3.05) is 5.32 Å². The minimum Gasteiger partial charge on any atom is -0.507 e. The van der Waals surface area contributed by atoms with E-state index >= 15 is 0 Å². The van der Waals surface area contributed by atoms with Gasteiger partial charge in [0, 0.05) is 34.5 Å². The number of carbonyl (C=O) groups is 3. The minimum absolute atomic E-state index is 0.0182. The Morgan fingerprint density at radius 3 is 2.25 bits per heavy atom. The number of amides is 1. The van der Waals surface area contributed by atoms with Crippen molar-refractivity contribution in [1.29, 1.82) is 0 Å². The largest absolute Gasteiger partial charge is 0.507 e. The van der Waals surface area contributed by atoms with Crippen LogP contribution in [0.1, 0.15) is 70.9 Å². The van der Waals surface area contributed by atoms with E-state index < -0.39 is 76.7 Å². The quantitative estimate of drug-likeness (QED) is 0.194. The number of aromatic hydroxyl groups is 1. The van der Waals surface area contributed by atoms with Gasteiger partial charge >= 0.3 is 0 Å². The normalized spacial score (nSPS) is 36.9. The first-order valence-corrected chi connectivity index (χ1v) is 13.7. The summed E-state index contributed by atoms with van der Waals surface area (Å²) >= 11 is 0. The number of aliphatic hydroxyl groups excluding tert-OH is 3. The molecule has 40 heavy (non-hydrogen) atoms. The first-order chi connectivity index (χ1) is 18.4. The molecule has 2 unspecified atom stereocenters. The Hall–Kier alpha value is -2.99. The lowest BCUT2D eigenvalue weighted by atomic mass is 9.53. The summed E-state index contributed by atoms with van der Waals surface area (Å²) in [4.78, 5) is 39.0. The smallest absolute Gasteiger partial charge is 0.230 e. The van der Waals surface area contributed by atoms with Crippen LogP contribution >= 0.6 is 0 Å². The number of Topliss-reactive ketones (excluding diaryl/α,β-unsaturated/α-hetero) is 2. The number of fused-ring (bicyclic) bond motifs is 3. The van der Waals surface area contributed by atoms with Gasteiger partial charge in [-0.2, -0.15) is 0 Å². The van der Waals surface area contributed by atoms with Crippen LogP contribution < -0.4 is 16.4 Å². The van der Waals surface area contributed by atoms with Gasteiger partial charge < -0.3 is 41.9 Å². The summed E-state index contributed by atoms with van der Waals surface area (Å²) in [6.07, 6.45) is -2.00. The van der Waals surface area contributed by atoms with Gasteiger partial charge in [0.2, 0.25) is 11.7 Å². The van der Waals surface area contributed by atoms with Gasteiger partial charge in [-0.15, -0.1) is 0 Å². The molecule has 1 saturated heterocycles. The molecular formula is C29H39N3O8. The van der Waals surface area contributed by atoms with E-state index in [-0.39, 0.29) is 28.4 Å². The van der Waals surface area contributed by atoms with Gasteiger partial charge in [-0.1, -0.05) is 13.0 Å². The monoisotopic (exact) mass is 557 g/mol. The first kappa shape index (κ1) is 28.5. The van der Waals surface area contributed by atoms with E-state index in [1.165, 1.54) is 0 Å². The summed E-state index contributed by atoms with van der Waals surface area (Å²) in [5, 5.41) is 63.1. The van der Waals surface area contributed by atoms with E-state index in [0.29, 0.717) is 11.3 Å². The zero-order chi connectivity index (χ0) is 29.7. The second kappa shape index (κ2) is 9.01. The highest BCUT2D eigenvalue weighted by Gasteiger charge is 2.67. The lowest BCUT2D eigenvalue weighted by Gasteiger charge is -2.52. The van der Waals surface area contributed by atoms with E-state index in [1.54, 1.807) is 19.1 Å². The maximum atomic E-state index is 13.8. The van der Waals surface area contributed by atoms with Gasteiger partial charge in [0.1, 0.15) is 17.4 Å². The lowest BCUT2D eigenvalue weighted by Crippen LogP contribution is -2.70. The van der Waals surface area contributed by atoms with E-state index in [4.69, 9.17) is 5.73 Å². The van der Waals surface area contributed by atoms with Crippen LogP contribution in [0.2, 0.25) is 0 Å². The number of primary amides is 1. The lowest BCUT2D eigenvalue weighted by molar-refractivity contribution is -0.186. The minimum atomic E-state index is -2.87. The van der Waals surface area contributed by atoms with Gasteiger partial charge in [-0.25, -0.2) is 0 Å². The van der Waals surface area contributed by atoms with Crippen molar-refractivity contribution in [3.05, 3.63) is 28.8 Å². The molecule has 0 spiro atoms. The second-order valence-corrected chi connectivity index (χ2v) is 13.4. The summed E-state index contributed by atoms with van der Waals surface area (Å²) in [7, 11) is 0. The number of benzene rings is 1. The number of rotatable bonds is 3. The van der Waals surface area contributed by atoms with Crippen molar-refractivity contribution < 1.29 is 39.9 Å². The van der Waals surface area contributed by atoms with Gasteiger partial charge in [0.15, 0.2) is 11.4 Å². The first-order valence-electron chi connectivity index (χ1n) is 13.7. The molecule has 3 aliphatic carbocycles. The average molecular weight is 558 g/mol. The van der Waals surface area contributed by atoms with Gasteiger partial charge in [-0.3, -0.25) is 14.4 Å². The number of aliphatic hydroxyl groups is 4. The second-order valence-electron chi connectivity index (χ2n) is 13.4. The van der Waals surface area contributed by atoms with Crippen molar-refractivity contribution in [2.24, 2.45) is 23.5 Å². The van der Waals surface area contributed by atoms with Gasteiger partial charge in [0.05, 0.1) is 23.5 Å². The molecule has 3 fully saturated rings. The van der Waals surface area contributed by atoms with E-state index in [0.717, 1.165) is 12.8 Å². The van der Waals surface area contributed by atoms with E-state index in [1.807, 2.05) is 0 Å². The van der Waals surface area contributed by atoms with Crippen molar-refractivity contribution in [3.8, 4) is 5.75 Å². The molecule has 1 aromatic carbocycles. The molecule has 0 aromatic heterocycles. The number of nitrogens with one attached hydrogen (secondary N) is 2. The highest BCUT2D eigenvalue weighted by Crippen LogP contribution is 2.56. The maximum absolute atomic E-state index is 13.8. The molecule has 5 rings (SSSR count). The predicted molar refractivity (Wildman–Crippen MR) is 145 cm³/mol. The molecule has 9 N–H and O–H groups in total. The van der Waals surface area contributed by atoms with Crippen LogP contribution in [0.4, 0.5) is 5.69 Å². The number of hydrogen-bond donors (Lipinski definition) is 8. The molecule has 1 aliphatic heterocycles.